The second kappa shape index (κ2) is 7.82. The smallest absolute Gasteiger partial charge is 0.251 e. The summed E-state index contributed by atoms with van der Waals surface area (Å²) in [7, 11) is 0. The summed E-state index contributed by atoms with van der Waals surface area (Å²) in [6.45, 7) is 3.62. The zero-order chi connectivity index (χ0) is 16.1. The van der Waals surface area contributed by atoms with Gasteiger partial charge in [-0.1, -0.05) is 25.8 Å². The second-order valence-corrected chi connectivity index (χ2v) is 6.82. The Morgan fingerprint density at radius 3 is 2.91 bits per heavy atom. The van der Waals surface area contributed by atoms with Crippen molar-refractivity contribution in [3.05, 3.63) is 29.8 Å². The van der Waals surface area contributed by atoms with E-state index in [4.69, 9.17) is 9.47 Å². The Morgan fingerprint density at radius 1 is 1.26 bits per heavy atom. The van der Waals surface area contributed by atoms with Crippen LogP contribution in [-0.2, 0) is 4.74 Å². The van der Waals surface area contributed by atoms with E-state index in [-0.39, 0.29) is 12.0 Å². The molecule has 0 aromatic heterocycles. The minimum absolute atomic E-state index is 0.00585. The zero-order valence-corrected chi connectivity index (χ0v) is 13.9. The summed E-state index contributed by atoms with van der Waals surface area (Å²) in [5, 5.41) is 3.19. The van der Waals surface area contributed by atoms with Gasteiger partial charge in [-0.05, 0) is 49.8 Å². The predicted molar refractivity (Wildman–Crippen MR) is 89.8 cm³/mol. The summed E-state index contributed by atoms with van der Waals surface area (Å²) in [5.41, 5.74) is 0.674. The number of benzene rings is 1. The molecule has 0 spiro atoms. The van der Waals surface area contributed by atoms with Gasteiger partial charge in [0.1, 0.15) is 12.4 Å². The van der Waals surface area contributed by atoms with Crippen LogP contribution in [0.15, 0.2) is 24.3 Å². The van der Waals surface area contributed by atoms with Crippen molar-refractivity contribution >= 4 is 5.91 Å². The summed E-state index contributed by atoms with van der Waals surface area (Å²) in [6, 6.07) is 7.76. The minimum atomic E-state index is 0.00585. The predicted octanol–water partition coefficient (Wildman–Crippen LogP) is 3.55. The Labute approximate surface area is 138 Å². The van der Waals surface area contributed by atoms with Crippen molar-refractivity contribution in [3.8, 4) is 5.75 Å². The molecule has 1 heterocycles. The van der Waals surface area contributed by atoms with Gasteiger partial charge in [-0.15, -0.1) is 0 Å². The van der Waals surface area contributed by atoms with Gasteiger partial charge in [0, 0.05) is 18.2 Å². The Balaban J connectivity index is 1.56. The normalized spacial score (nSPS) is 27.6. The highest BCUT2D eigenvalue weighted by molar-refractivity contribution is 5.94. The van der Waals surface area contributed by atoms with Crippen LogP contribution in [0.3, 0.4) is 0 Å². The van der Waals surface area contributed by atoms with Crippen molar-refractivity contribution in [2.45, 2.75) is 57.6 Å². The zero-order valence-electron chi connectivity index (χ0n) is 13.9. The standard InChI is InChI=1S/C19H27NO3/c1-14-6-2-3-10-18(14)20-19(21)15-7-4-8-16(12-15)23-13-17-9-5-11-22-17/h4,7-8,12,14,17-18H,2-3,5-6,9-11,13H2,1H3,(H,20,21). The Kier molecular flexibility index (Phi) is 5.55. The molecule has 1 aliphatic heterocycles. The fraction of sp³-hybridized carbons (Fsp3) is 0.632. The number of ether oxygens (including phenoxy) is 2. The fourth-order valence-corrected chi connectivity index (χ4v) is 3.47. The van der Waals surface area contributed by atoms with Crippen molar-refractivity contribution in [2.75, 3.05) is 13.2 Å². The summed E-state index contributed by atoms with van der Waals surface area (Å²) < 4.78 is 11.3. The fourth-order valence-electron chi connectivity index (χ4n) is 3.47. The number of hydrogen-bond acceptors (Lipinski definition) is 3. The van der Waals surface area contributed by atoms with E-state index in [0.717, 1.165) is 31.6 Å². The van der Waals surface area contributed by atoms with Gasteiger partial charge in [0.05, 0.1) is 6.10 Å². The van der Waals surface area contributed by atoms with Crippen molar-refractivity contribution in [2.24, 2.45) is 5.92 Å². The average molecular weight is 317 g/mol. The first-order chi connectivity index (χ1) is 11.2. The van der Waals surface area contributed by atoms with Crippen molar-refractivity contribution < 1.29 is 14.3 Å². The lowest BCUT2D eigenvalue weighted by molar-refractivity contribution is 0.0679. The monoisotopic (exact) mass is 317 g/mol. The van der Waals surface area contributed by atoms with Crippen molar-refractivity contribution in [3.63, 3.8) is 0 Å². The van der Waals surface area contributed by atoms with Crippen LogP contribution in [0.2, 0.25) is 0 Å². The van der Waals surface area contributed by atoms with Gasteiger partial charge in [0.15, 0.2) is 0 Å². The van der Waals surface area contributed by atoms with E-state index in [1.165, 1.54) is 19.3 Å². The molecule has 0 bridgehead atoms. The maximum absolute atomic E-state index is 12.5. The summed E-state index contributed by atoms with van der Waals surface area (Å²) in [5.74, 6) is 1.31. The van der Waals surface area contributed by atoms with E-state index in [2.05, 4.69) is 12.2 Å². The molecule has 2 fully saturated rings. The molecule has 4 heteroatoms. The molecule has 1 aliphatic carbocycles. The van der Waals surface area contributed by atoms with E-state index in [1.54, 1.807) is 0 Å². The highest BCUT2D eigenvalue weighted by Gasteiger charge is 2.23. The van der Waals surface area contributed by atoms with E-state index in [1.807, 2.05) is 24.3 Å². The van der Waals surface area contributed by atoms with Crippen molar-refractivity contribution in [1.29, 1.82) is 0 Å². The third-order valence-corrected chi connectivity index (χ3v) is 4.98. The lowest BCUT2D eigenvalue weighted by Crippen LogP contribution is -2.41. The lowest BCUT2D eigenvalue weighted by atomic mass is 9.86. The molecule has 2 aliphatic rings. The molecule has 1 aromatic rings. The van der Waals surface area contributed by atoms with Gasteiger partial charge in [-0.25, -0.2) is 0 Å². The van der Waals surface area contributed by atoms with Crippen LogP contribution >= 0.6 is 0 Å². The van der Waals surface area contributed by atoms with Crippen molar-refractivity contribution in [1.82, 2.24) is 5.32 Å². The molecule has 1 saturated heterocycles. The molecule has 3 rings (SSSR count). The molecular weight excluding hydrogens is 290 g/mol. The first kappa shape index (κ1) is 16.3. The SMILES string of the molecule is CC1CCCCC1NC(=O)c1cccc(OCC2CCCO2)c1. The van der Waals surface area contributed by atoms with E-state index < -0.39 is 0 Å². The third kappa shape index (κ3) is 4.47. The Morgan fingerprint density at radius 2 is 2.13 bits per heavy atom. The molecule has 3 atom stereocenters. The van der Waals surface area contributed by atoms with E-state index in [9.17, 15) is 4.79 Å². The van der Waals surface area contributed by atoms with Crippen LogP contribution in [0.4, 0.5) is 0 Å². The van der Waals surface area contributed by atoms with Crippen LogP contribution in [0.1, 0.15) is 55.8 Å². The molecule has 1 saturated carbocycles. The first-order valence-corrected chi connectivity index (χ1v) is 8.88. The summed E-state index contributed by atoms with van der Waals surface area (Å²) in [6.07, 6.45) is 7.13. The molecule has 126 valence electrons. The molecule has 23 heavy (non-hydrogen) atoms. The third-order valence-electron chi connectivity index (χ3n) is 4.98. The maximum atomic E-state index is 12.5. The number of rotatable bonds is 5. The van der Waals surface area contributed by atoms with Crippen LogP contribution in [0.25, 0.3) is 0 Å². The first-order valence-electron chi connectivity index (χ1n) is 8.88. The number of carbonyl (C=O) groups excluding carboxylic acids is 1. The quantitative estimate of drug-likeness (QED) is 0.903. The second-order valence-electron chi connectivity index (χ2n) is 6.82. The van der Waals surface area contributed by atoms with E-state index in [0.29, 0.717) is 24.1 Å². The summed E-state index contributed by atoms with van der Waals surface area (Å²) >= 11 is 0. The topological polar surface area (TPSA) is 47.6 Å². The minimum Gasteiger partial charge on any atom is -0.491 e. The van der Waals surface area contributed by atoms with Gasteiger partial charge in [-0.3, -0.25) is 4.79 Å². The van der Waals surface area contributed by atoms with Crippen LogP contribution in [-0.4, -0.2) is 31.3 Å². The molecular formula is C19H27NO3. The van der Waals surface area contributed by atoms with Gasteiger partial charge in [0.2, 0.25) is 0 Å². The molecule has 3 unspecified atom stereocenters. The van der Waals surface area contributed by atoms with Gasteiger partial charge >= 0.3 is 0 Å². The molecule has 1 aromatic carbocycles. The largest absolute Gasteiger partial charge is 0.491 e. The van der Waals surface area contributed by atoms with Crippen LogP contribution in [0.5, 0.6) is 5.75 Å². The van der Waals surface area contributed by atoms with Gasteiger partial charge < -0.3 is 14.8 Å². The summed E-state index contributed by atoms with van der Waals surface area (Å²) in [4.78, 5) is 12.5. The number of amides is 1. The maximum Gasteiger partial charge on any atom is 0.251 e. The van der Waals surface area contributed by atoms with Crippen LogP contribution < -0.4 is 10.1 Å². The number of nitrogens with one attached hydrogen (secondary N) is 1. The number of carbonyl (C=O) groups is 1. The molecule has 0 radical (unpaired) electrons. The van der Waals surface area contributed by atoms with E-state index >= 15 is 0 Å². The highest BCUT2D eigenvalue weighted by Crippen LogP contribution is 2.24. The number of hydrogen-bond donors (Lipinski definition) is 1. The van der Waals surface area contributed by atoms with Crippen LogP contribution in [0, 0.1) is 5.92 Å². The lowest BCUT2D eigenvalue weighted by Gasteiger charge is -2.29. The molecule has 1 N–H and O–H groups in total. The average Bonchev–Trinajstić information content (AvgIpc) is 3.09. The Bertz CT molecular complexity index is 525. The van der Waals surface area contributed by atoms with Gasteiger partial charge in [0.25, 0.3) is 5.91 Å². The van der Waals surface area contributed by atoms with Gasteiger partial charge in [-0.2, -0.15) is 0 Å². The molecule has 1 amide bonds. The molecule has 4 nitrogen and oxygen atoms in total. The Hall–Kier alpha value is -1.55. The highest BCUT2D eigenvalue weighted by atomic mass is 16.5.